The van der Waals surface area contributed by atoms with Gasteiger partial charge in [0.25, 0.3) is 0 Å². The van der Waals surface area contributed by atoms with Crippen molar-refractivity contribution < 1.29 is 0 Å². The Morgan fingerprint density at radius 3 is 2.43 bits per heavy atom. The summed E-state index contributed by atoms with van der Waals surface area (Å²) in [5.41, 5.74) is 3.70. The normalized spacial score (nSPS) is 16.2. The van der Waals surface area contributed by atoms with E-state index in [2.05, 4.69) is 46.0 Å². The molecule has 0 saturated carbocycles. The average molecular weight is 302 g/mol. The zero-order valence-corrected chi connectivity index (χ0v) is 13.1. The number of hydrogen-bond donors (Lipinski definition) is 0. The van der Waals surface area contributed by atoms with Crippen molar-refractivity contribution in [1.29, 1.82) is 0 Å². The Hall–Kier alpha value is -1.58. The quantitative estimate of drug-likeness (QED) is 0.866. The molecule has 0 spiro atoms. The molecule has 21 heavy (non-hydrogen) atoms. The van der Waals surface area contributed by atoms with E-state index in [1.165, 1.54) is 16.8 Å². The van der Waals surface area contributed by atoms with E-state index < -0.39 is 0 Å². The van der Waals surface area contributed by atoms with Gasteiger partial charge in [-0.1, -0.05) is 23.7 Å². The molecule has 2 aromatic rings. The van der Waals surface area contributed by atoms with Crippen LogP contribution in [0.3, 0.4) is 0 Å². The van der Waals surface area contributed by atoms with Crippen molar-refractivity contribution in [3.8, 4) is 0 Å². The second-order valence-electron chi connectivity index (χ2n) is 5.56. The van der Waals surface area contributed by atoms with Gasteiger partial charge in [0.15, 0.2) is 0 Å². The maximum atomic E-state index is 6.33. The molecular weight excluding hydrogens is 282 g/mol. The second-order valence-corrected chi connectivity index (χ2v) is 5.97. The van der Waals surface area contributed by atoms with Gasteiger partial charge in [-0.2, -0.15) is 0 Å². The van der Waals surface area contributed by atoms with Gasteiger partial charge in [0.2, 0.25) is 0 Å². The van der Waals surface area contributed by atoms with Crippen molar-refractivity contribution in [3.63, 3.8) is 0 Å². The van der Waals surface area contributed by atoms with Gasteiger partial charge in [-0.25, -0.2) is 0 Å². The molecule has 1 aromatic carbocycles. The molecule has 0 atom stereocenters. The summed E-state index contributed by atoms with van der Waals surface area (Å²) in [6, 6.07) is 10.5. The summed E-state index contributed by atoms with van der Waals surface area (Å²) in [5, 5.41) is 0.881. The molecule has 2 heterocycles. The Labute approximate surface area is 131 Å². The molecule has 0 unspecified atom stereocenters. The van der Waals surface area contributed by atoms with Crippen LogP contribution in [0.5, 0.6) is 0 Å². The van der Waals surface area contributed by atoms with Crippen molar-refractivity contribution in [2.24, 2.45) is 0 Å². The van der Waals surface area contributed by atoms with Crippen LogP contribution in [0.1, 0.15) is 11.1 Å². The summed E-state index contributed by atoms with van der Waals surface area (Å²) in [7, 11) is 0. The third kappa shape index (κ3) is 3.55. The predicted molar refractivity (Wildman–Crippen MR) is 87.9 cm³/mol. The maximum Gasteiger partial charge on any atom is 0.0453 e. The monoisotopic (exact) mass is 301 g/mol. The molecule has 4 heteroatoms. The number of aryl methyl sites for hydroxylation is 1. The van der Waals surface area contributed by atoms with Crippen LogP contribution in [0, 0.1) is 6.92 Å². The number of benzene rings is 1. The zero-order valence-electron chi connectivity index (χ0n) is 12.3. The molecule has 1 aromatic heterocycles. The highest BCUT2D eigenvalue weighted by Gasteiger charge is 2.17. The number of halogens is 1. The minimum atomic E-state index is 0.881. The lowest BCUT2D eigenvalue weighted by atomic mass is 10.1. The minimum absolute atomic E-state index is 0.881. The van der Waals surface area contributed by atoms with E-state index in [0.29, 0.717) is 0 Å². The Morgan fingerprint density at radius 2 is 1.76 bits per heavy atom. The zero-order chi connectivity index (χ0) is 14.7. The van der Waals surface area contributed by atoms with Crippen molar-refractivity contribution in [2.45, 2.75) is 13.5 Å². The van der Waals surface area contributed by atoms with E-state index in [0.717, 1.165) is 37.7 Å². The van der Waals surface area contributed by atoms with E-state index in [-0.39, 0.29) is 0 Å². The van der Waals surface area contributed by atoms with Crippen LogP contribution in [0.4, 0.5) is 5.69 Å². The number of aromatic nitrogens is 1. The topological polar surface area (TPSA) is 19.4 Å². The molecule has 1 fully saturated rings. The van der Waals surface area contributed by atoms with Crippen LogP contribution < -0.4 is 4.90 Å². The molecule has 1 aliphatic rings. The van der Waals surface area contributed by atoms with Gasteiger partial charge in [0, 0.05) is 55.8 Å². The molecule has 0 amide bonds. The molecule has 0 aliphatic carbocycles. The van der Waals surface area contributed by atoms with Crippen LogP contribution >= 0.6 is 11.6 Å². The Balaban J connectivity index is 1.59. The van der Waals surface area contributed by atoms with Crippen LogP contribution in [0.25, 0.3) is 0 Å². The average Bonchev–Trinajstić information content (AvgIpc) is 2.52. The van der Waals surface area contributed by atoms with Gasteiger partial charge >= 0.3 is 0 Å². The number of pyridine rings is 1. The Kier molecular flexibility index (Phi) is 4.42. The number of hydrogen-bond acceptors (Lipinski definition) is 3. The van der Waals surface area contributed by atoms with Crippen LogP contribution in [-0.2, 0) is 6.54 Å². The van der Waals surface area contributed by atoms with Crippen LogP contribution in [-0.4, -0.2) is 36.1 Å². The van der Waals surface area contributed by atoms with Crippen molar-refractivity contribution >= 4 is 17.3 Å². The van der Waals surface area contributed by atoms with Crippen molar-refractivity contribution in [3.05, 3.63) is 58.9 Å². The Bertz CT molecular complexity index is 592. The van der Waals surface area contributed by atoms with E-state index in [1.54, 1.807) is 0 Å². The first-order chi connectivity index (χ1) is 10.2. The summed E-state index contributed by atoms with van der Waals surface area (Å²) in [6.07, 6.45) is 3.71. The first-order valence-corrected chi connectivity index (χ1v) is 7.72. The fraction of sp³-hybridized carbons (Fsp3) is 0.353. The van der Waals surface area contributed by atoms with Gasteiger partial charge in [-0.15, -0.1) is 0 Å². The lowest BCUT2D eigenvalue weighted by Gasteiger charge is -2.36. The third-order valence-electron chi connectivity index (χ3n) is 4.00. The highest BCUT2D eigenvalue weighted by molar-refractivity contribution is 6.31. The summed E-state index contributed by atoms with van der Waals surface area (Å²) < 4.78 is 0. The molecule has 1 saturated heterocycles. The van der Waals surface area contributed by atoms with Crippen LogP contribution in [0.2, 0.25) is 5.02 Å². The van der Waals surface area contributed by atoms with Gasteiger partial charge in [-0.3, -0.25) is 9.88 Å². The van der Waals surface area contributed by atoms with Gasteiger partial charge in [0.1, 0.15) is 0 Å². The van der Waals surface area contributed by atoms with Crippen molar-refractivity contribution in [1.82, 2.24) is 9.88 Å². The number of anilines is 1. The van der Waals surface area contributed by atoms with E-state index in [1.807, 2.05) is 18.5 Å². The molecule has 110 valence electrons. The standard InChI is InChI=1S/C17H20ClN3/c1-14-2-3-15(17(18)12-14)13-20-8-10-21(11-9-20)16-4-6-19-7-5-16/h2-7,12H,8-11,13H2,1H3. The first-order valence-electron chi connectivity index (χ1n) is 7.35. The van der Waals surface area contributed by atoms with Crippen molar-refractivity contribution in [2.75, 3.05) is 31.1 Å². The highest BCUT2D eigenvalue weighted by atomic mass is 35.5. The minimum Gasteiger partial charge on any atom is -0.369 e. The van der Waals surface area contributed by atoms with E-state index in [9.17, 15) is 0 Å². The number of nitrogens with zero attached hydrogens (tertiary/aromatic N) is 3. The van der Waals surface area contributed by atoms with Gasteiger partial charge in [0.05, 0.1) is 0 Å². The summed E-state index contributed by atoms with van der Waals surface area (Å²) >= 11 is 6.33. The first kappa shape index (κ1) is 14.4. The molecule has 3 rings (SSSR count). The maximum absolute atomic E-state index is 6.33. The lowest BCUT2D eigenvalue weighted by Crippen LogP contribution is -2.46. The molecule has 0 radical (unpaired) electrons. The molecule has 3 nitrogen and oxygen atoms in total. The fourth-order valence-corrected chi connectivity index (χ4v) is 3.04. The molecular formula is C17H20ClN3. The second kappa shape index (κ2) is 6.46. The number of rotatable bonds is 3. The smallest absolute Gasteiger partial charge is 0.0453 e. The van der Waals surface area contributed by atoms with Gasteiger partial charge in [-0.05, 0) is 36.2 Å². The Morgan fingerprint density at radius 1 is 1.05 bits per heavy atom. The predicted octanol–water partition coefficient (Wildman–Crippen LogP) is 3.37. The fourth-order valence-electron chi connectivity index (χ4n) is 2.74. The van der Waals surface area contributed by atoms with Gasteiger partial charge < -0.3 is 4.90 Å². The van der Waals surface area contributed by atoms with E-state index in [4.69, 9.17) is 11.6 Å². The van der Waals surface area contributed by atoms with E-state index >= 15 is 0 Å². The van der Waals surface area contributed by atoms with Crippen LogP contribution in [0.15, 0.2) is 42.7 Å². The summed E-state index contributed by atoms with van der Waals surface area (Å²) in [6.45, 7) is 7.23. The molecule has 0 bridgehead atoms. The molecule has 1 aliphatic heterocycles. The molecule has 0 N–H and O–H groups in total. The summed E-state index contributed by atoms with van der Waals surface area (Å²) in [4.78, 5) is 8.95. The largest absolute Gasteiger partial charge is 0.369 e. The highest BCUT2D eigenvalue weighted by Crippen LogP contribution is 2.21. The SMILES string of the molecule is Cc1ccc(CN2CCN(c3ccncc3)CC2)c(Cl)c1. The third-order valence-corrected chi connectivity index (χ3v) is 4.35. The number of piperazine rings is 1. The lowest BCUT2D eigenvalue weighted by molar-refractivity contribution is 0.250. The summed E-state index contributed by atoms with van der Waals surface area (Å²) in [5.74, 6) is 0.